The number of piperazine rings is 1. The number of aromatic nitrogens is 2. The Kier molecular flexibility index (Phi) is 5.07. The first-order valence-electron chi connectivity index (χ1n) is 9.41. The van der Waals surface area contributed by atoms with Gasteiger partial charge in [-0.05, 0) is 49.4 Å². The summed E-state index contributed by atoms with van der Waals surface area (Å²) in [6.07, 6.45) is 1.96. The van der Waals surface area contributed by atoms with Gasteiger partial charge in [-0.2, -0.15) is 5.10 Å². The summed E-state index contributed by atoms with van der Waals surface area (Å²) in [5.41, 5.74) is 2.89. The molecule has 27 heavy (non-hydrogen) atoms. The lowest BCUT2D eigenvalue weighted by molar-refractivity contribution is 0.0627. The van der Waals surface area contributed by atoms with Crippen molar-refractivity contribution in [2.45, 2.75) is 13.5 Å². The van der Waals surface area contributed by atoms with Crippen LogP contribution in [0.2, 0.25) is 0 Å². The molecule has 1 amide bonds. The van der Waals surface area contributed by atoms with Crippen LogP contribution < -0.4 is 4.74 Å². The van der Waals surface area contributed by atoms with Crippen LogP contribution in [0.1, 0.15) is 23.0 Å². The molecule has 3 aromatic rings. The summed E-state index contributed by atoms with van der Waals surface area (Å²) in [6, 6.07) is 15.6. The second-order valence-electron chi connectivity index (χ2n) is 6.73. The molecule has 0 unspecified atom stereocenters. The van der Waals surface area contributed by atoms with Gasteiger partial charge < -0.3 is 9.64 Å². The highest BCUT2D eigenvalue weighted by atomic mass is 16.5. The molecular weight excluding hydrogens is 340 g/mol. The molecule has 0 radical (unpaired) electrons. The van der Waals surface area contributed by atoms with E-state index in [1.807, 2.05) is 58.9 Å². The minimum absolute atomic E-state index is 0.0884. The van der Waals surface area contributed by atoms with Gasteiger partial charge in [-0.25, -0.2) is 4.52 Å². The third kappa shape index (κ3) is 3.95. The average Bonchev–Trinajstić information content (AvgIpc) is 3.11. The summed E-state index contributed by atoms with van der Waals surface area (Å²) in [6.45, 7) is 6.57. The number of nitrogens with zero attached hydrogens (tertiary/aromatic N) is 4. The van der Waals surface area contributed by atoms with E-state index in [-0.39, 0.29) is 5.91 Å². The molecule has 4 rings (SSSR count). The molecule has 1 saturated heterocycles. The number of pyridine rings is 1. The van der Waals surface area contributed by atoms with Gasteiger partial charge in [0.25, 0.3) is 5.91 Å². The lowest BCUT2D eigenvalue weighted by Gasteiger charge is -2.34. The maximum atomic E-state index is 12.7. The number of amides is 1. The summed E-state index contributed by atoms with van der Waals surface area (Å²) in [5.74, 6) is 0.886. The summed E-state index contributed by atoms with van der Waals surface area (Å²) in [4.78, 5) is 17.0. The van der Waals surface area contributed by atoms with Crippen molar-refractivity contribution in [1.82, 2.24) is 19.4 Å². The highest BCUT2D eigenvalue weighted by Gasteiger charge is 2.22. The zero-order valence-electron chi connectivity index (χ0n) is 15.5. The number of carbonyl (C=O) groups is 1. The molecule has 1 fully saturated rings. The Morgan fingerprint density at radius 2 is 1.85 bits per heavy atom. The van der Waals surface area contributed by atoms with Crippen LogP contribution in [0.3, 0.4) is 0 Å². The maximum absolute atomic E-state index is 12.7. The number of ether oxygens (including phenoxy) is 1. The zero-order chi connectivity index (χ0) is 18.6. The first-order valence-corrected chi connectivity index (χ1v) is 9.41. The first kappa shape index (κ1) is 17.5. The monoisotopic (exact) mass is 364 g/mol. The van der Waals surface area contributed by atoms with Crippen LogP contribution in [0.25, 0.3) is 5.52 Å². The van der Waals surface area contributed by atoms with E-state index in [4.69, 9.17) is 4.74 Å². The van der Waals surface area contributed by atoms with Gasteiger partial charge >= 0.3 is 0 Å². The van der Waals surface area contributed by atoms with Crippen molar-refractivity contribution in [1.29, 1.82) is 0 Å². The molecule has 6 nitrogen and oxygen atoms in total. The Morgan fingerprint density at radius 3 is 2.56 bits per heavy atom. The Bertz CT molecular complexity index is 878. The number of fused-ring (bicyclic) bond motifs is 1. The summed E-state index contributed by atoms with van der Waals surface area (Å²) in [5, 5.41) is 4.61. The second kappa shape index (κ2) is 7.80. The number of rotatable bonds is 5. The number of hydrogen-bond donors (Lipinski definition) is 0. The molecule has 0 atom stereocenters. The number of hydrogen-bond acceptors (Lipinski definition) is 4. The van der Waals surface area contributed by atoms with Crippen LogP contribution in [0.15, 0.2) is 54.7 Å². The van der Waals surface area contributed by atoms with Crippen LogP contribution in [-0.2, 0) is 6.54 Å². The lowest BCUT2D eigenvalue weighted by Crippen LogP contribution is -2.48. The Hall–Kier alpha value is -2.86. The highest BCUT2D eigenvalue weighted by molar-refractivity contribution is 5.94. The van der Waals surface area contributed by atoms with Crippen molar-refractivity contribution in [3.8, 4) is 5.75 Å². The minimum atomic E-state index is 0.0884. The van der Waals surface area contributed by atoms with Crippen LogP contribution in [-0.4, -0.2) is 58.1 Å². The van der Waals surface area contributed by atoms with Gasteiger partial charge in [-0.3, -0.25) is 9.69 Å². The molecule has 0 saturated carbocycles. The van der Waals surface area contributed by atoms with E-state index in [0.717, 1.165) is 49.7 Å². The molecule has 1 aliphatic heterocycles. The Balaban J connectivity index is 1.33. The van der Waals surface area contributed by atoms with Crippen molar-refractivity contribution in [3.05, 3.63) is 66.0 Å². The van der Waals surface area contributed by atoms with Gasteiger partial charge in [-0.1, -0.05) is 6.07 Å². The molecule has 140 valence electrons. The minimum Gasteiger partial charge on any atom is -0.494 e. The fourth-order valence-electron chi connectivity index (χ4n) is 3.45. The summed E-state index contributed by atoms with van der Waals surface area (Å²) in [7, 11) is 0. The molecule has 1 aliphatic rings. The predicted molar refractivity (Wildman–Crippen MR) is 104 cm³/mol. The van der Waals surface area contributed by atoms with Gasteiger partial charge in [0.2, 0.25) is 0 Å². The second-order valence-corrected chi connectivity index (χ2v) is 6.73. The Morgan fingerprint density at radius 1 is 1.07 bits per heavy atom. The first-order chi connectivity index (χ1) is 13.2. The average molecular weight is 364 g/mol. The van der Waals surface area contributed by atoms with Crippen molar-refractivity contribution in [2.75, 3.05) is 32.8 Å². The van der Waals surface area contributed by atoms with E-state index in [1.165, 1.54) is 0 Å². The number of benzene rings is 1. The highest BCUT2D eigenvalue weighted by Crippen LogP contribution is 2.16. The van der Waals surface area contributed by atoms with Crippen molar-refractivity contribution in [3.63, 3.8) is 0 Å². The van der Waals surface area contributed by atoms with E-state index in [2.05, 4.69) is 22.1 Å². The Labute approximate surface area is 159 Å². The maximum Gasteiger partial charge on any atom is 0.253 e. The third-order valence-electron chi connectivity index (χ3n) is 4.88. The molecule has 0 spiro atoms. The van der Waals surface area contributed by atoms with Gasteiger partial charge in [0.05, 0.1) is 17.8 Å². The van der Waals surface area contributed by atoms with Crippen LogP contribution >= 0.6 is 0 Å². The molecule has 0 N–H and O–H groups in total. The SMILES string of the molecule is CCOc1ccc(C(=O)N2CCN(Cc3cc4ccccn4n3)CC2)cc1. The van der Waals surface area contributed by atoms with Crippen molar-refractivity contribution in [2.24, 2.45) is 0 Å². The van der Waals surface area contributed by atoms with Gasteiger partial charge in [-0.15, -0.1) is 0 Å². The molecule has 6 heteroatoms. The summed E-state index contributed by atoms with van der Waals surface area (Å²) >= 11 is 0. The van der Waals surface area contributed by atoms with Crippen LogP contribution in [0, 0.1) is 0 Å². The number of carbonyl (C=O) groups excluding carboxylic acids is 1. The smallest absolute Gasteiger partial charge is 0.253 e. The van der Waals surface area contributed by atoms with Crippen LogP contribution in [0.4, 0.5) is 0 Å². The fourth-order valence-corrected chi connectivity index (χ4v) is 3.45. The van der Waals surface area contributed by atoms with E-state index >= 15 is 0 Å². The molecule has 3 heterocycles. The van der Waals surface area contributed by atoms with Gasteiger partial charge in [0, 0.05) is 44.5 Å². The molecular formula is C21H24N4O2. The van der Waals surface area contributed by atoms with E-state index in [0.29, 0.717) is 12.2 Å². The van der Waals surface area contributed by atoms with Crippen LogP contribution in [0.5, 0.6) is 5.75 Å². The van der Waals surface area contributed by atoms with Crippen molar-refractivity contribution >= 4 is 11.4 Å². The predicted octanol–water partition coefficient (Wildman–Crippen LogP) is 2.69. The molecule has 2 aromatic heterocycles. The van der Waals surface area contributed by atoms with E-state index in [1.54, 1.807) is 0 Å². The van der Waals surface area contributed by atoms with E-state index < -0.39 is 0 Å². The quantitative estimate of drug-likeness (QED) is 0.698. The van der Waals surface area contributed by atoms with Crippen molar-refractivity contribution < 1.29 is 9.53 Å². The standard InChI is InChI=1S/C21H24N4O2/c1-2-27-20-8-6-17(7-9-20)21(26)24-13-11-23(12-14-24)16-18-15-19-5-3-4-10-25(19)22-18/h3-10,15H,2,11-14,16H2,1H3. The topological polar surface area (TPSA) is 50.1 Å². The van der Waals surface area contributed by atoms with E-state index in [9.17, 15) is 4.79 Å². The normalized spacial score (nSPS) is 15.2. The van der Waals surface area contributed by atoms with Gasteiger partial charge in [0.1, 0.15) is 5.75 Å². The lowest BCUT2D eigenvalue weighted by atomic mass is 10.1. The summed E-state index contributed by atoms with van der Waals surface area (Å²) < 4.78 is 7.34. The molecule has 1 aromatic carbocycles. The van der Waals surface area contributed by atoms with Gasteiger partial charge in [0.15, 0.2) is 0 Å². The molecule has 0 bridgehead atoms. The fraction of sp³-hybridized carbons (Fsp3) is 0.333. The largest absolute Gasteiger partial charge is 0.494 e. The zero-order valence-corrected chi connectivity index (χ0v) is 15.5. The third-order valence-corrected chi connectivity index (χ3v) is 4.88. The molecule has 0 aliphatic carbocycles.